The van der Waals surface area contributed by atoms with Gasteiger partial charge in [0.05, 0.1) is 17.4 Å². The highest BCUT2D eigenvalue weighted by molar-refractivity contribution is 5.75. The van der Waals surface area contributed by atoms with Crippen LogP contribution < -0.4 is 5.73 Å². The summed E-state index contributed by atoms with van der Waals surface area (Å²) in [7, 11) is 0. The van der Waals surface area contributed by atoms with Gasteiger partial charge in [0.15, 0.2) is 5.82 Å². The molecule has 0 amide bonds. The van der Waals surface area contributed by atoms with Crippen molar-refractivity contribution >= 4 is 29.1 Å². The van der Waals surface area contributed by atoms with Crippen LogP contribution in [0.25, 0.3) is 29.1 Å². The molecule has 0 atom stereocenters. The van der Waals surface area contributed by atoms with Crippen LogP contribution in [0, 0.1) is 13.8 Å². The SMILES string of the molecule is Cc1cc(C)c(/C=C/n2cnc(-n3nnc4ccccc43)c2)nc1N. The smallest absolute Gasteiger partial charge is 0.174 e. The van der Waals surface area contributed by atoms with E-state index in [2.05, 4.69) is 20.3 Å². The van der Waals surface area contributed by atoms with Gasteiger partial charge in [-0.15, -0.1) is 5.10 Å². The van der Waals surface area contributed by atoms with Crippen LogP contribution in [-0.4, -0.2) is 29.5 Å². The van der Waals surface area contributed by atoms with E-state index in [0.717, 1.165) is 27.9 Å². The molecule has 4 aromatic rings. The summed E-state index contributed by atoms with van der Waals surface area (Å²) in [6.07, 6.45) is 7.40. The van der Waals surface area contributed by atoms with Crippen LogP contribution >= 0.6 is 0 Å². The van der Waals surface area contributed by atoms with Gasteiger partial charge in [0.2, 0.25) is 0 Å². The lowest BCUT2D eigenvalue weighted by atomic mass is 10.1. The third-order valence-electron chi connectivity index (χ3n) is 4.04. The Kier molecular flexibility index (Phi) is 3.53. The van der Waals surface area contributed by atoms with Gasteiger partial charge in [-0.05, 0) is 43.2 Å². The van der Waals surface area contributed by atoms with Crippen molar-refractivity contribution < 1.29 is 0 Å². The quantitative estimate of drug-likeness (QED) is 0.624. The molecule has 0 unspecified atom stereocenters. The maximum atomic E-state index is 5.90. The number of nitrogen functional groups attached to an aromatic ring is 1. The third-order valence-corrected chi connectivity index (χ3v) is 4.04. The van der Waals surface area contributed by atoms with Gasteiger partial charge in [-0.2, -0.15) is 4.68 Å². The minimum Gasteiger partial charge on any atom is -0.383 e. The van der Waals surface area contributed by atoms with Crippen molar-refractivity contribution in [3.8, 4) is 5.82 Å². The van der Waals surface area contributed by atoms with Gasteiger partial charge in [-0.25, -0.2) is 9.97 Å². The van der Waals surface area contributed by atoms with Crippen molar-refractivity contribution in [2.75, 3.05) is 5.73 Å². The first-order valence-corrected chi connectivity index (χ1v) is 7.88. The molecule has 4 rings (SSSR count). The number of imidazole rings is 1. The van der Waals surface area contributed by atoms with E-state index in [1.54, 1.807) is 11.0 Å². The number of nitrogens with zero attached hydrogens (tertiary/aromatic N) is 6. The summed E-state index contributed by atoms with van der Waals surface area (Å²) in [5.74, 6) is 1.25. The Hall–Kier alpha value is -3.48. The van der Waals surface area contributed by atoms with Crippen molar-refractivity contribution in [3.05, 3.63) is 59.7 Å². The molecule has 1 aromatic carbocycles. The minimum atomic E-state index is 0.547. The van der Waals surface area contributed by atoms with Gasteiger partial charge in [0.1, 0.15) is 17.7 Å². The number of hydrogen-bond acceptors (Lipinski definition) is 5. The van der Waals surface area contributed by atoms with Crippen LogP contribution in [0.1, 0.15) is 16.8 Å². The van der Waals surface area contributed by atoms with E-state index < -0.39 is 0 Å². The topological polar surface area (TPSA) is 87.4 Å². The molecule has 7 heteroatoms. The first-order valence-electron chi connectivity index (χ1n) is 7.88. The van der Waals surface area contributed by atoms with E-state index in [4.69, 9.17) is 5.73 Å². The number of rotatable bonds is 3. The molecule has 3 heterocycles. The summed E-state index contributed by atoms with van der Waals surface area (Å²) in [4.78, 5) is 8.82. The maximum Gasteiger partial charge on any atom is 0.174 e. The monoisotopic (exact) mass is 331 g/mol. The lowest BCUT2D eigenvalue weighted by Crippen LogP contribution is -1.98. The molecule has 2 N–H and O–H groups in total. The second-order valence-electron chi connectivity index (χ2n) is 5.88. The lowest BCUT2D eigenvalue weighted by Gasteiger charge is -2.04. The van der Waals surface area contributed by atoms with Crippen molar-refractivity contribution in [2.24, 2.45) is 0 Å². The average Bonchev–Trinajstić information content (AvgIpc) is 3.23. The first kappa shape index (κ1) is 15.1. The second kappa shape index (κ2) is 5.86. The van der Waals surface area contributed by atoms with Crippen molar-refractivity contribution in [2.45, 2.75) is 13.8 Å². The third kappa shape index (κ3) is 2.76. The molecule has 0 aliphatic rings. The van der Waals surface area contributed by atoms with Gasteiger partial charge < -0.3 is 10.3 Å². The van der Waals surface area contributed by atoms with Crippen molar-refractivity contribution in [1.29, 1.82) is 0 Å². The van der Waals surface area contributed by atoms with E-state index in [0.29, 0.717) is 11.6 Å². The second-order valence-corrected chi connectivity index (χ2v) is 5.88. The summed E-state index contributed by atoms with van der Waals surface area (Å²) in [6, 6.07) is 9.81. The molecule has 0 saturated carbocycles. The minimum absolute atomic E-state index is 0.547. The van der Waals surface area contributed by atoms with Gasteiger partial charge in [-0.3, -0.25) is 0 Å². The van der Waals surface area contributed by atoms with Gasteiger partial charge in [-0.1, -0.05) is 23.4 Å². The van der Waals surface area contributed by atoms with Gasteiger partial charge >= 0.3 is 0 Å². The Morgan fingerprint density at radius 3 is 2.84 bits per heavy atom. The van der Waals surface area contributed by atoms with Gasteiger partial charge in [0, 0.05) is 6.20 Å². The Bertz CT molecular complexity index is 1090. The number of nitrogens with two attached hydrogens (primary N) is 1. The number of benzene rings is 1. The summed E-state index contributed by atoms with van der Waals surface area (Å²) >= 11 is 0. The molecule has 3 aromatic heterocycles. The number of para-hydroxylation sites is 1. The molecule has 0 saturated heterocycles. The molecule has 0 fully saturated rings. The average molecular weight is 331 g/mol. The number of hydrogen-bond donors (Lipinski definition) is 1. The zero-order valence-electron chi connectivity index (χ0n) is 14.0. The summed E-state index contributed by atoms with van der Waals surface area (Å²) in [5, 5.41) is 8.32. The molecule has 0 spiro atoms. The fourth-order valence-electron chi connectivity index (χ4n) is 2.66. The van der Waals surface area contributed by atoms with Crippen LogP contribution in [-0.2, 0) is 0 Å². The Labute approximate surface area is 144 Å². The Balaban J connectivity index is 1.65. The molecule has 0 bridgehead atoms. The normalized spacial score (nSPS) is 11.6. The van der Waals surface area contributed by atoms with Crippen LogP contribution in [0.2, 0.25) is 0 Å². The molecule has 0 radical (unpaired) electrons. The standard InChI is InChI=1S/C18H17N7/c1-12-9-13(2)18(19)21-14(12)7-8-24-10-17(20-11-24)25-16-6-4-3-5-15(16)22-23-25/h3-11H,1-2H3,(H2,19,21)/b8-7+. The zero-order valence-corrected chi connectivity index (χ0v) is 14.0. The number of aromatic nitrogens is 6. The number of fused-ring (bicyclic) bond motifs is 1. The predicted octanol–water partition coefficient (Wildman–Crippen LogP) is 2.84. The number of pyridine rings is 1. The molecule has 124 valence electrons. The van der Waals surface area contributed by atoms with Crippen LogP contribution in [0.3, 0.4) is 0 Å². The van der Waals surface area contributed by atoms with E-state index >= 15 is 0 Å². The van der Waals surface area contributed by atoms with E-state index in [1.807, 2.05) is 67.2 Å². The lowest BCUT2D eigenvalue weighted by molar-refractivity contribution is 0.806. The van der Waals surface area contributed by atoms with E-state index in [-0.39, 0.29) is 0 Å². The molecule has 25 heavy (non-hydrogen) atoms. The van der Waals surface area contributed by atoms with Crippen molar-refractivity contribution in [1.82, 2.24) is 29.5 Å². The fraction of sp³-hybridized carbons (Fsp3) is 0.111. The summed E-state index contributed by atoms with van der Waals surface area (Å²) in [6.45, 7) is 3.97. The van der Waals surface area contributed by atoms with Crippen LogP contribution in [0.5, 0.6) is 0 Å². The number of anilines is 1. The largest absolute Gasteiger partial charge is 0.383 e. The summed E-state index contributed by atoms with van der Waals surface area (Å²) < 4.78 is 3.57. The summed E-state index contributed by atoms with van der Waals surface area (Å²) in [5.41, 5.74) is 10.5. The first-order chi connectivity index (χ1) is 12.1. The fourth-order valence-corrected chi connectivity index (χ4v) is 2.66. The molecule has 0 aliphatic heterocycles. The molecular formula is C18H17N7. The highest BCUT2D eigenvalue weighted by Gasteiger charge is 2.08. The molecular weight excluding hydrogens is 314 g/mol. The Morgan fingerprint density at radius 2 is 1.96 bits per heavy atom. The maximum absolute atomic E-state index is 5.90. The Morgan fingerprint density at radius 1 is 1.12 bits per heavy atom. The predicted molar refractivity (Wildman–Crippen MR) is 98.0 cm³/mol. The van der Waals surface area contributed by atoms with Crippen LogP contribution in [0.15, 0.2) is 42.9 Å². The molecule has 7 nitrogen and oxygen atoms in total. The van der Waals surface area contributed by atoms with E-state index in [9.17, 15) is 0 Å². The van der Waals surface area contributed by atoms with Crippen molar-refractivity contribution in [3.63, 3.8) is 0 Å². The van der Waals surface area contributed by atoms with E-state index in [1.165, 1.54) is 0 Å². The number of aryl methyl sites for hydroxylation is 2. The van der Waals surface area contributed by atoms with Gasteiger partial charge in [0.25, 0.3) is 0 Å². The highest BCUT2D eigenvalue weighted by Crippen LogP contribution is 2.16. The highest BCUT2D eigenvalue weighted by atomic mass is 15.4. The van der Waals surface area contributed by atoms with Crippen LogP contribution in [0.4, 0.5) is 5.82 Å². The zero-order chi connectivity index (χ0) is 17.4. The molecule has 0 aliphatic carbocycles.